The number of hydrogen-bond acceptors (Lipinski definition) is 3. The maximum Gasteiger partial charge on any atom is 0.0957 e. The van der Waals surface area contributed by atoms with E-state index in [4.69, 9.17) is 0 Å². The van der Waals surface area contributed by atoms with E-state index in [1.165, 1.54) is 47.9 Å². The first-order valence-electron chi connectivity index (χ1n) is 9.83. The number of pyridine rings is 1. The van der Waals surface area contributed by atoms with Crippen LogP contribution < -0.4 is 0 Å². The first-order valence-corrected chi connectivity index (χ1v) is 10.7. The molecule has 3 aromatic heterocycles. The molecule has 0 saturated heterocycles. The standard InChI is InChI=1S/C23H21N3S/c1-2-4-20-18(3-1)17(9-11-25-20)15-5-7-16(8-6-15)22-23-19(10-12-27-23)21-13-24-14-26(21)22/h1-4,9-16,22H,5-8H2/t15-,16-,22-/m1/s1. The third-order valence-corrected chi connectivity index (χ3v) is 7.53. The summed E-state index contributed by atoms with van der Waals surface area (Å²) in [6, 6.07) is 13.6. The van der Waals surface area contributed by atoms with Crippen LogP contribution in [0.3, 0.4) is 0 Å². The number of thiophene rings is 1. The van der Waals surface area contributed by atoms with Crippen molar-refractivity contribution in [2.24, 2.45) is 5.92 Å². The van der Waals surface area contributed by atoms with E-state index in [0.29, 0.717) is 17.9 Å². The molecule has 134 valence electrons. The molecule has 2 aliphatic rings. The molecule has 3 nitrogen and oxygen atoms in total. The van der Waals surface area contributed by atoms with Crippen molar-refractivity contribution in [3.8, 4) is 11.3 Å². The molecule has 4 heterocycles. The number of aromatic nitrogens is 3. The van der Waals surface area contributed by atoms with E-state index < -0.39 is 0 Å². The van der Waals surface area contributed by atoms with E-state index >= 15 is 0 Å². The highest BCUT2D eigenvalue weighted by Crippen LogP contribution is 2.51. The molecule has 0 spiro atoms. The lowest BCUT2D eigenvalue weighted by Gasteiger charge is -2.33. The van der Waals surface area contributed by atoms with Crippen molar-refractivity contribution >= 4 is 22.2 Å². The van der Waals surface area contributed by atoms with Gasteiger partial charge in [0.25, 0.3) is 0 Å². The number of hydrogen-bond donors (Lipinski definition) is 0. The van der Waals surface area contributed by atoms with E-state index in [9.17, 15) is 0 Å². The van der Waals surface area contributed by atoms with Crippen LogP contribution in [0.15, 0.2) is 60.5 Å². The van der Waals surface area contributed by atoms with Gasteiger partial charge in [0.2, 0.25) is 0 Å². The molecule has 0 amide bonds. The van der Waals surface area contributed by atoms with E-state index in [-0.39, 0.29) is 0 Å². The van der Waals surface area contributed by atoms with Gasteiger partial charge in [0.15, 0.2) is 0 Å². The Kier molecular flexibility index (Phi) is 3.48. The second-order valence-electron chi connectivity index (χ2n) is 7.86. The van der Waals surface area contributed by atoms with Crippen molar-refractivity contribution in [3.05, 3.63) is 70.9 Å². The highest BCUT2D eigenvalue weighted by molar-refractivity contribution is 7.10. The molecular formula is C23H21N3S. The Morgan fingerprint density at radius 1 is 1.00 bits per heavy atom. The molecule has 1 aromatic carbocycles. The van der Waals surface area contributed by atoms with Crippen LogP contribution in [0.4, 0.5) is 0 Å². The van der Waals surface area contributed by atoms with Gasteiger partial charge in [0, 0.05) is 22.0 Å². The molecule has 1 atom stereocenters. The Morgan fingerprint density at radius 2 is 1.89 bits per heavy atom. The number of benzene rings is 1. The first-order chi connectivity index (χ1) is 13.4. The predicted molar refractivity (Wildman–Crippen MR) is 110 cm³/mol. The average molecular weight is 372 g/mol. The maximum atomic E-state index is 4.54. The molecule has 6 rings (SSSR count). The van der Waals surface area contributed by atoms with Crippen LogP contribution in [0.5, 0.6) is 0 Å². The third kappa shape index (κ3) is 2.32. The lowest BCUT2D eigenvalue weighted by Crippen LogP contribution is -2.22. The van der Waals surface area contributed by atoms with Gasteiger partial charge in [-0.15, -0.1) is 11.3 Å². The van der Waals surface area contributed by atoms with Crippen LogP contribution in [-0.4, -0.2) is 14.5 Å². The number of para-hydroxylation sites is 1. The van der Waals surface area contributed by atoms with Gasteiger partial charge in [-0.25, -0.2) is 4.98 Å². The minimum Gasteiger partial charge on any atom is -0.322 e. The molecule has 1 fully saturated rings. The zero-order valence-electron chi connectivity index (χ0n) is 15.1. The Morgan fingerprint density at radius 3 is 2.81 bits per heavy atom. The van der Waals surface area contributed by atoms with Crippen LogP contribution in [0.2, 0.25) is 0 Å². The highest BCUT2D eigenvalue weighted by Gasteiger charge is 2.37. The summed E-state index contributed by atoms with van der Waals surface area (Å²) in [4.78, 5) is 10.5. The third-order valence-electron chi connectivity index (χ3n) is 6.55. The van der Waals surface area contributed by atoms with Crippen LogP contribution in [-0.2, 0) is 0 Å². The van der Waals surface area contributed by atoms with Crippen molar-refractivity contribution in [2.45, 2.75) is 37.6 Å². The van der Waals surface area contributed by atoms with Gasteiger partial charge in [-0.3, -0.25) is 4.98 Å². The quantitative estimate of drug-likeness (QED) is 0.430. The Bertz CT molecular complexity index is 1070. The smallest absolute Gasteiger partial charge is 0.0957 e. The Labute approximate surface area is 162 Å². The minimum absolute atomic E-state index is 0.493. The lowest BCUT2D eigenvalue weighted by atomic mass is 9.75. The topological polar surface area (TPSA) is 30.7 Å². The fourth-order valence-electron chi connectivity index (χ4n) is 5.28. The van der Waals surface area contributed by atoms with Gasteiger partial charge in [0.05, 0.1) is 29.8 Å². The summed E-state index contributed by atoms with van der Waals surface area (Å²) in [7, 11) is 0. The summed E-state index contributed by atoms with van der Waals surface area (Å²) in [5.41, 5.74) is 5.33. The largest absolute Gasteiger partial charge is 0.322 e. The molecule has 0 bridgehead atoms. The Balaban J connectivity index is 1.28. The van der Waals surface area contributed by atoms with Crippen LogP contribution in [0.1, 0.15) is 48.1 Å². The van der Waals surface area contributed by atoms with Gasteiger partial charge in [-0.05, 0) is 66.7 Å². The fraction of sp³-hybridized carbons (Fsp3) is 0.304. The molecule has 0 N–H and O–H groups in total. The monoisotopic (exact) mass is 371 g/mol. The average Bonchev–Trinajstić information content (AvgIpc) is 3.42. The molecule has 1 aliphatic heterocycles. The second-order valence-corrected chi connectivity index (χ2v) is 8.81. The van der Waals surface area contributed by atoms with Gasteiger partial charge in [-0.2, -0.15) is 0 Å². The number of rotatable bonds is 2. The Hall–Kier alpha value is -2.46. The summed E-state index contributed by atoms with van der Waals surface area (Å²) >= 11 is 1.92. The van der Waals surface area contributed by atoms with Gasteiger partial charge in [-0.1, -0.05) is 18.2 Å². The molecule has 1 saturated carbocycles. The van der Waals surface area contributed by atoms with Crippen molar-refractivity contribution in [1.82, 2.24) is 14.5 Å². The van der Waals surface area contributed by atoms with Crippen molar-refractivity contribution in [1.29, 1.82) is 0 Å². The SMILES string of the molecule is c1ccc2c(c1)nccc2[C@H]1CC[C@H]([C@@H]2c3sccc3-c3cncn32)CC1. The van der Waals surface area contributed by atoms with Crippen molar-refractivity contribution in [2.75, 3.05) is 0 Å². The fourth-order valence-corrected chi connectivity index (χ4v) is 6.38. The van der Waals surface area contributed by atoms with Crippen LogP contribution in [0.25, 0.3) is 22.2 Å². The predicted octanol–water partition coefficient (Wildman–Crippen LogP) is 6.04. The maximum absolute atomic E-state index is 4.54. The summed E-state index contributed by atoms with van der Waals surface area (Å²) in [5, 5.41) is 3.57. The number of fused-ring (bicyclic) bond motifs is 4. The van der Waals surface area contributed by atoms with Crippen LogP contribution in [0, 0.1) is 5.92 Å². The van der Waals surface area contributed by atoms with Gasteiger partial charge < -0.3 is 4.57 Å². The van der Waals surface area contributed by atoms with E-state index in [1.807, 2.05) is 30.1 Å². The zero-order chi connectivity index (χ0) is 17.8. The molecule has 4 heteroatoms. The molecule has 0 radical (unpaired) electrons. The zero-order valence-corrected chi connectivity index (χ0v) is 15.9. The van der Waals surface area contributed by atoms with E-state index in [0.717, 1.165) is 5.52 Å². The van der Waals surface area contributed by atoms with E-state index in [2.05, 4.69) is 56.3 Å². The lowest BCUT2D eigenvalue weighted by molar-refractivity contribution is 0.268. The van der Waals surface area contributed by atoms with Crippen molar-refractivity contribution in [3.63, 3.8) is 0 Å². The molecule has 0 unspecified atom stereocenters. The normalized spacial score (nSPS) is 24.1. The van der Waals surface area contributed by atoms with Gasteiger partial charge >= 0.3 is 0 Å². The first kappa shape index (κ1) is 15.6. The molecule has 27 heavy (non-hydrogen) atoms. The second kappa shape index (κ2) is 6.03. The number of imidazole rings is 1. The van der Waals surface area contributed by atoms with Gasteiger partial charge in [0.1, 0.15) is 0 Å². The summed E-state index contributed by atoms with van der Waals surface area (Å²) in [6.07, 6.45) is 11.1. The summed E-state index contributed by atoms with van der Waals surface area (Å²) in [6.45, 7) is 0. The molecule has 4 aromatic rings. The highest BCUT2D eigenvalue weighted by atomic mass is 32.1. The summed E-state index contributed by atoms with van der Waals surface area (Å²) < 4.78 is 2.42. The molecule has 1 aliphatic carbocycles. The minimum atomic E-state index is 0.493. The van der Waals surface area contributed by atoms with Crippen LogP contribution >= 0.6 is 11.3 Å². The number of nitrogens with zero attached hydrogens (tertiary/aromatic N) is 3. The molecular weight excluding hydrogens is 350 g/mol. The summed E-state index contributed by atoms with van der Waals surface area (Å²) in [5.74, 6) is 1.36. The van der Waals surface area contributed by atoms with Crippen molar-refractivity contribution < 1.29 is 0 Å². The van der Waals surface area contributed by atoms with E-state index in [1.54, 1.807) is 4.88 Å².